The monoisotopic (exact) mass is 255 g/mol. The molecule has 0 unspecified atom stereocenters. The molecular weight excluding hydrogens is 249 g/mol. The highest BCUT2D eigenvalue weighted by molar-refractivity contribution is 7.99. The van der Waals surface area contributed by atoms with Crippen molar-refractivity contribution in [1.29, 1.82) is 0 Å². The van der Waals surface area contributed by atoms with Gasteiger partial charge < -0.3 is 5.73 Å². The summed E-state index contributed by atoms with van der Waals surface area (Å²) in [4.78, 5) is 8.14. The first-order valence-electron chi connectivity index (χ1n) is 4.37. The van der Waals surface area contributed by atoms with E-state index in [1.165, 1.54) is 12.1 Å². The molecule has 6 heteroatoms. The van der Waals surface area contributed by atoms with Crippen molar-refractivity contribution in [3.8, 4) is 0 Å². The summed E-state index contributed by atoms with van der Waals surface area (Å²) in [6.45, 7) is 0. The average Bonchev–Trinajstić information content (AvgIpc) is 2.20. The smallest absolute Gasteiger partial charge is 0.222 e. The molecule has 1 aromatic heterocycles. The zero-order chi connectivity index (χ0) is 11.5. The summed E-state index contributed by atoms with van der Waals surface area (Å²) in [6, 6.07) is 7.95. The fraction of sp³-hybridized carbons (Fsp3) is 0. The van der Waals surface area contributed by atoms with Crippen LogP contribution < -0.4 is 5.73 Å². The minimum atomic E-state index is -0.305. The zero-order valence-corrected chi connectivity index (χ0v) is 9.60. The van der Waals surface area contributed by atoms with E-state index in [-0.39, 0.29) is 16.9 Å². The van der Waals surface area contributed by atoms with Crippen LogP contribution in [0.15, 0.2) is 40.3 Å². The molecule has 0 radical (unpaired) electrons. The van der Waals surface area contributed by atoms with Crippen molar-refractivity contribution in [3.05, 3.63) is 41.3 Å². The molecule has 0 saturated carbocycles. The normalized spacial score (nSPS) is 10.4. The SMILES string of the molecule is Nc1nc(Cl)cc(Sc2ccccc2F)n1. The van der Waals surface area contributed by atoms with Gasteiger partial charge in [0, 0.05) is 11.0 Å². The maximum Gasteiger partial charge on any atom is 0.222 e. The fourth-order valence-corrected chi connectivity index (χ4v) is 2.21. The molecule has 0 fully saturated rings. The Balaban J connectivity index is 2.30. The molecule has 1 aromatic carbocycles. The van der Waals surface area contributed by atoms with Crippen LogP contribution >= 0.6 is 23.4 Å². The number of hydrogen-bond acceptors (Lipinski definition) is 4. The molecule has 0 bridgehead atoms. The van der Waals surface area contributed by atoms with Gasteiger partial charge in [0.25, 0.3) is 0 Å². The summed E-state index contributed by atoms with van der Waals surface area (Å²) in [5.41, 5.74) is 5.44. The van der Waals surface area contributed by atoms with Crippen molar-refractivity contribution in [2.75, 3.05) is 5.73 Å². The van der Waals surface area contributed by atoms with Crippen molar-refractivity contribution in [2.45, 2.75) is 9.92 Å². The second-order valence-electron chi connectivity index (χ2n) is 2.92. The first kappa shape index (κ1) is 11.2. The van der Waals surface area contributed by atoms with E-state index in [0.717, 1.165) is 11.8 Å². The van der Waals surface area contributed by atoms with Gasteiger partial charge in [0.05, 0.1) is 0 Å². The van der Waals surface area contributed by atoms with Gasteiger partial charge in [-0.3, -0.25) is 0 Å². The van der Waals surface area contributed by atoms with Gasteiger partial charge in [-0.25, -0.2) is 14.4 Å². The van der Waals surface area contributed by atoms with Gasteiger partial charge in [-0.05, 0) is 12.1 Å². The Hall–Kier alpha value is -1.33. The molecule has 0 saturated heterocycles. The molecule has 82 valence electrons. The first-order valence-corrected chi connectivity index (χ1v) is 5.57. The van der Waals surface area contributed by atoms with Crippen LogP contribution in [-0.4, -0.2) is 9.97 Å². The number of nitrogen functional groups attached to an aromatic ring is 1. The molecule has 0 aliphatic carbocycles. The van der Waals surface area contributed by atoms with E-state index in [1.54, 1.807) is 18.2 Å². The lowest BCUT2D eigenvalue weighted by molar-refractivity contribution is 0.602. The van der Waals surface area contributed by atoms with Crippen molar-refractivity contribution in [1.82, 2.24) is 9.97 Å². The van der Waals surface area contributed by atoms with Gasteiger partial charge >= 0.3 is 0 Å². The second-order valence-corrected chi connectivity index (χ2v) is 4.37. The van der Waals surface area contributed by atoms with Crippen LogP contribution in [0.2, 0.25) is 5.15 Å². The van der Waals surface area contributed by atoms with Crippen molar-refractivity contribution < 1.29 is 4.39 Å². The highest BCUT2D eigenvalue weighted by atomic mass is 35.5. The summed E-state index contributed by atoms with van der Waals surface area (Å²) in [5.74, 6) is -0.229. The van der Waals surface area contributed by atoms with E-state index in [9.17, 15) is 4.39 Å². The lowest BCUT2D eigenvalue weighted by Gasteiger charge is -2.03. The molecule has 1 heterocycles. The van der Waals surface area contributed by atoms with Gasteiger partial charge in [-0.1, -0.05) is 35.5 Å². The summed E-state index contributed by atoms with van der Waals surface area (Å²) < 4.78 is 13.3. The number of aromatic nitrogens is 2. The summed E-state index contributed by atoms with van der Waals surface area (Å²) >= 11 is 6.87. The van der Waals surface area contributed by atoms with Gasteiger partial charge in [-0.2, -0.15) is 0 Å². The van der Waals surface area contributed by atoms with Gasteiger partial charge in [0.2, 0.25) is 5.95 Å². The zero-order valence-electron chi connectivity index (χ0n) is 8.02. The Morgan fingerprint density at radius 2 is 2.00 bits per heavy atom. The van der Waals surface area contributed by atoms with Gasteiger partial charge in [0.15, 0.2) is 0 Å². The molecule has 2 N–H and O–H groups in total. The van der Waals surface area contributed by atoms with Crippen molar-refractivity contribution >= 4 is 29.3 Å². The Bertz CT molecular complexity index is 501. The fourth-order valence-electron chi connectivity index (χ4n) is 1.11. The third-order valence-corrected chi connectivity index (χ3v) is 2.90. The largest absolute Gasteiger partial charge is 0.368 e. The van der Waals surface area contributed by atoms with Crippen LogP contribution in [0.1, 0.15) is 0 Å². The molecule has 2 rings (SSSR count). The number of hydrogen-bond donors (Lipinski definition) is 1. The van der Waals surface area contributed by atoms with Crippen LogP contribution in [0.3, 0.4) is 0 Å². The third-order valence-electron chi connectivity index (χ3n) is 1.74. The lowest BCUT2D eigenvalue weighted by atomic mass is 10.3. The van der Waals surface area contributed by atoms with E-state index in [0.29, 0.717) is 9.92 Å². The van der Waals surface area contributed by atoms with E-state index in [2.05, 4.69) is 9.97 Å². The van der Waals surface area contributed by atoms with Crippen LogP contribution in [0.5, 0.6) is 0 Å². The Morgan fingerprint density at radius 3 is 2.69 bits per heavy atom. The van der Waals surface area contributed by atoms with E-state index in [4.69, 9.17) is 17.3 Å². The molecule has 2 aromatic rings. The van der Waals surface area contributed by atoms with E-state index < -0.39 is 0 Å². The molecule has 0 atom stereocenters. The standard InChI is InChI=1S/C10H7ClFN3S/c11-8-5-9(15-10(13)14-8)16-7-4-2-1-3-6(7)12/h1-5H,(H2,13,14,15). The molecule has 0 aliphatic heterocycles. The lowest BCUT2D eigenvalue weighted by Crippen LogP contribution is -1.95. The summed E-state index contributed by atoms with van der Waals surface area (Å²) in [5, 5.41) is 0.758. The van der Waals surface area contributed by atoms with E-state index in [1.807, 2.05) is 0 Å². The minimum Gasteiger partial charge on any atom is -0.368 e. The minimum absolute atomic E-state index is 0.0753. The van der Waals surface area contributed by atoms with Crippen LogP contribution in [0.4, 0.5) is 10.3 Å². The number of nitrogens with zero attached hydrogens (tertiary/aromatic N) is 2. The van der Waals surface area contributed by atoms with Crippen LogP contribution in [0, 0.1) is 5.82 Å². The Labute approximate surface area is 101 Å². The maximum absolute atomic E-state index is 13.3. The molecule has 0 amide bonds. The number of anilines is 1. The highest BCUT2D eigenvalue weighted by Gasteiger charge is 2.06. The Kier molecular flexibility index (Phi) is 3.26. The summed E-state index contributed by atoms with van der Waals surface area (Å²) in [7, 11) is 0. The molecule has 3 nitrogen and oxygen atoms in total. The van der Waals surface area contributed by atoms with Gasteiger partial charge in [-0.15, -0.1) is 0 Å². The quantitative estimate of drug-likeness (QED) is 0.838. The number of halogens is 2. The topological polar surface area (TPSA) is 51.8 Å². The molecule has 16 heavy (non-hydrogen) atoms. The predicted molar refractivity (Wildman–Crippen MR) is 62.0 cm³/mol. The van der Waals surface area contributed by atoms with Crippen LogP contribution in [0.25, 0.3) is 0 Å². The maximum atomic E-state index is 13.3. The second kappa shape index (κ2) is 4.67. The number of rotatable bonds is 2. The molecule has 0 spiro atoms. The molecule has 0 aliphatic rings. The highest BCUT2D eigenvalue weighted by Crippen LogP contribution is 2.29. The van der Waals surface area contributed by atoms with Crippen LogP contribution in [-0.2, 0) is 0 Å². The van der Waals surface area contributed by atoms with Crippen molar-refractivity contribution in [2.24, 2.45) is 0 Å². The number of nitrogens with two attached hydrogens (primary N) is 1. The number of benzene rings is 1. The predicted octanol–water partition coefficient (Wildman–Crippen LogP) is 3.00. The molecular formula is C10H7ClFN3S. The first-order chi connectivity index (χ1) is 7.65. The van der Waals surface area contributed by atoms with E-state index >= 15 is 0 Å². The summed E-state index contributed by atoms with van der Waals surface area (Å²) in [6.07, 6.45) is 0. The average molecular weight is 256 g/mol. The third kappa shape index (κ3) is 2.62. The van der Waals surface area contributed by atoms with Crippen molar-refractivity contribution in [3.63, 3.8) is 0 Å². The Morgan fingerprint density at radius 1 is 1.25 bits per heavy atom. The van der Waals surface area contributed by atoms with Gasteiger partial charge in [0.1, 0.15) is 16.0 Å².